The largest absolute Gasteiger partial charge is 0.405 e. The quantitative estimate of drug-likeness (QED) is 0.824. The third-order valence-electron chi connectivity index (χ3n) is 2.62. The van der Waals surface area contributed by atoms with Crippen LogP contribution in [0.3, 0.4) is 0 Å². The van der Waals surface area contributed by atoms with Gasteiger partial charge in [0, 0.05) is 5.92 Å². The summed E-state index contributed by atoms with van der Waals surface area (Å²) >= 11 is 0. The molecule has 2 aromatic rings. The van der Waals surface area contributed by atoms with Gasteiger partial charge in [-0.1, -0.05) is 66.7 Å². The average Bonchev–Trinajstić information content (AvgIpc) is 2.38. The molecule has 0 saturated carbocycles. The van der Waals surface area contributed by atoms with Crippen molar-refractivity contribution in [3.63, 3.8) is 0 Å². The van der Waals surface area contributed by atoms with E-state index in [1.165, 1.54) is 11.1 Å². The molecule has 16 heavy (non-hydrogen) atoms. The van der Waals surface area contributed by atoms with Crippen LogP contribution in [-0.2, 0) is 0 Å². The molecule has 2 rings (SSSR count). The Morgan fingerprint density at radius 1 is 0.750 bits per heavy atom. The van der Waals surface area contributed by atoms with Crippen molar-refractivity contribution >= 4 is 0 Å². The van der Waals surface area contributed by atoms with Crippen LogP contribution in [0.1, 0.15) is 17.0 Å². The van der Waals surface area contributed by atoms with Crippen molar-refractivity contribution in [3.05, 3.63) is 84.1 Å². The van der Waals surface area contributed by atoms with Crippen molar-refractivity contribution in [3.8, 4) is 0 Å². The van der Waals surface area contributed by atoms with E-state index in [2.05, 4.69) is 48.5 Å². The van der Waals surface area contributed by atoms with Crippen LogP contribution in [0.4, 0.5) is 0 Å². The van der Waals surface area contributed by atoms with E-state index in [4.69, 9.17) is 5.73 Å². The Bertz CT molecular complexity index is 406. The number of nitrogens with two attached hydrogens (primary N) is 1. The fourth-order valence-corrected chi connectivity index (χ4v) is 1.85. The molecule has 0 aliphatic rings. The van der Waals surface area contributed by atoms with Crippen molar-refractivity contribution in [1.29, 1.82) is 0 Å². The van der Waals surface area contributed by atoms with Crippen molar-refractivity contribution in [2.24, 2.45) is 5.73 Å². The van der Waals surface area contributed by atoms with Gasteiger partial charge in [-0.05, 0) is 17.3 Å². The van der Waals surface area contributed by atoms with Gasteiger partial charge >= 0.3 is 0 Å². The van der Waals surface area contributed by atoms with Crippen LogP contribution in [0, 0.1) is 0 Å². The lowest BCUT2D eigenvalue weighted by molar-refractivity contribution is 1.02. The van der Waals surface area contributed by atoms with Gasteiger partial charge in [-0.2, -0.15) is 0 Å². The van der Waals surface area contributed by atoms with E-state index in [1.54, 1.807) is 6.20 Å². The van der Waals surface area contributed by atoms with Crippen LogP contribution in [0.5, 0.6) is 0 Å². The van der Waals surface area contributed by atoms with Crippen LogP contribution < -0.4 is 5.73 Å². The van der Waals surface area contributed by atoms with Gasteiger partial charge < -0.3 is 5.73 Å². The molecule has 0 saturated heterocycles. The van der Waals surface area contributed by atoms with E-state index >= 15 is 0 Å². The molecule has 0 bridgehead atoms. The topological polar surface area (TPSA) is 26.0 Å². The highest BCUT2D eigenvalue weighted by Crippen LogP contribution is 2.25. The van der Waals surface area contributed by atoms with Crippen LogP contribution in [-0.4, -0.2) is 0 Å². The first-order chi connectivity index (χ1) is 7.92. The van der Waals surface area contributed by atoms with Gasteiger partial charge in [0.2, 0.25) is 0 Å². The highest BCUT2D eigenvalue weighted by molar-refractivity contribution is 5.36. The van der Waals surface area contributed by atoms with Crippen LogP contribution in [0.2, 0.25) is 0 Å². The molecule has 0 aliphatic heterocycles. The molecule has 2 aromatic carbocycles. The number of benzene rings is 2. The maximum atomic E-state index is 5.52. The van der Waals surface area contributed by atoms with Crippen molar-refractivity contribution in [2.45, 2.75) is 5.92 Å². The van der Waals surface area contributed by atoms with Gasteiger partial charge in [0.05, 0.1) is 0 Å². The van der Waals surface area contributed by atoms with Crippen LogP contribution in [0.15, 0.2) is 72.9 Å². The summed E-state index contributed by atoms with van der Waals surface area (Å²) in [4.78, 5) is 0. The standard InChI is InChI=1S/C15H15N/c16-12-11-15(13-7-3-1-4-8-13)14-9-5-2-6-10-14/h1-12,15H,16H2/b12-11+. The number of hydrogen-bond donors (Lipinski definition) is 1. The lowest BCUT2D eigenvalue weighted by atomic mass is 9.91. The Labute approximate surface area is 96.2 Å². The molecule has 0 spiro atoms. The van der Waals surface area contributed by atoms with Gasteiger partial charge in [-0.15, -0.1) is 0 Å². The smallest absolute Gasteiger partial charge is 0.0286 e. The highest BCUT2D eigenvalue weighted by atomic mass is 14.5. The highest BCUT2D eigenvalue weighted by Gasteiger charge is 2.09. The van der Waals surface area contributed by atoms with E-state index in [-0.39, 0.29) is 5.92 Å². The molecule has 0 atom stereocenters. The first-order valence-electron chi connectivity index (χ1n) is 5.40. The summed E-state index contributed by atoms with van der Waals surface area (Å²) in [5.74, 6) is 0.243. The second-order valence-corrected chi connectivity index (χ2v) is 3.68. The summed E-state index contributed by atoms with van der Waals surface area (Å²) in [6.45, 7) is 0. The van der Waals surface area contributed by atoms with E-state index < -0.39 is 0 Å². The molecular weight excluding hydrogens is 194 g/mol. The van der Waals surface area contributed by atoms with E-state index in [0.29, 0.717) is 0 Å². The monoisotopic (exact) mass is 209 g/mol. The molecule has 0 unspecified atom stereocenters. The maximum absolute atomic E-state index is 5.52. The van der Waals surface area contributed by atoms with Crippen molar-refractivity contribution in [2.75, 3.05) is 0 Å². The zero-order chi connectivity index (χ0) is 11.2. The molecule has 1 nitrogen and oxygen atoms in total. The second kappa shape index (κ2) is 5.17. The first kappa shape index (κ1) is 10.5. The summed E-state index contributed by atoms with van der Waals surface area (Å²) < 4.78 is 0. The molecule has 0 radical (unpaired) electrons. The number of allylic oxidation sites excluding steroid dienone is 1. The third-order valence-corrected chi connectivity index (χ3v) is 2.62. The number of rotatable bonds is 3. The second-order valence-electron chi connectivity index (χ2n) is 3.68. The Hall–Kier alpha value is -2.02. The van der Waals surface area contributed by atoms with Gasteiger partial charge in [-0.25, -0.2) is 0 Å². The van der Waals surface area contributed by atoms with Gasteiger partial charge in [0.1, 0.15) is 0 Å². The van der Waals surface area contributed by atoms with Gasteiger partial charge in [0.25, 0.3) is 0 Å². The summed E-state index contributed by atoms with van der Waals surface area (Å²) in [5, 5.41) is 0. The van der Waals surface area contributed by atoms with Crippen LogP contribution >= 0.6 is 0 Å². The zero-order valence-corrected chi connectivity index (χ0v) is 9.08. The van der Waals surface area contributed by atoms with Gasteiger partial charge in [-0.3, -0.25) is 0 Å². The average molecular weight is 209 g/mol. The molecule has 0 aliphatic carbocycles. The number of hydrogen-bond acceptors (Lipinski definition) is 1. The van der Waals surface area contributed by atoms with Crippen LogP contribution in [0.25, 0.3) is 0 Å². The van der Waals surface area contributed by atoms with Gasteiger partial charge in [0.15, 0.2) is 0 Å². The van der Waals surface area contributed by atoms with Crippen molar-refractivity contribution in [1.82, 2.24) is 0 Å². The normalized spacial score (nSPS) is 11.1. The predicted molar refractivity (Wildman–Crippen MR) is 68.1 cm³/mol. The lowest BCUT2D eigenvalue weighted by Crippen LogP contribution is -1.98. The first-order valence-corrected chi connectivity index (χ1v) is 5.40. The predicted octanol–water partition coefficient (Wildman–Crippen LogP) is 3.29. The van der Waals surface area contributed by atoms with E-state index in [9.17, 15) is 0 Å². The summed E-state index contributed by atoms with van der Waals surface area (Å²) in [6.07, 6.45) is 3.63. The van der Waals surface area contributed by atoms with Crippen molar-refractivity contribution < 1.29 is 0 Å². The van der Waals surface area contributed by atoms with E-state index in [1.807, 2.05) is 18.2 Å². The molecule has 0 heterocycles. The molecule has 0 fully saturated rings. The summed E-state index contributed by atoms with van der Waals surface area (Å²) in [6, 6.07) is 20.7. The van der Waals surface area contributed by atoms with E-state index in [0.717, 1.165) is 0 Å². The zero-order valence-electron chi connectivity index (χ0n) is 9.08. The molecule has 0 amide bonds. The fourth-order valence-electron chi connectivity index (χ4n) is 1.85. The third kappa shape index (κ3) is 2.31. The SMILES string of the molecule is N/C=C/C(c1ccccc1)c1ccccc1. The molecular formula is C15H15N. The Kier molecular flexibility index (Phi) is 3.39. The fraction of sp³-hybridized carbons (Fsp3) is 0.0667. The minimum atomic E-state index is 0.243. The summed E-state index contributed by atoms with van der Waals surface area (Å²) in [5.41, 5.74) is 8.04. The molecule has 80 valence electrons. The minimum absolute atomic E-state index is 0.243. The molecule has 2 N–H and O–H groups in total. The Morgan fingerprint density at radius 3 is 1.56 bits per heavy atom. The molecule has 0 aromatic heterocycles. The summed E-state index contributed by atoms with van der Waals surface area (Å²) in [7, 11) is 0. The molecule has 1 heteroatoms. The Morgan fingerprint density at radius 2 is 1.19 bits per heavy atom. The maximum Gasteiger partial charge on any atom is 0.0286 e. The lowest BCUT2D eigenvalue weighted by Gasteiger charge is -2.13. The minimum Gasteiger partial charge on any atom is -0.405 e. The Balaban J connectivity index is 2.39.